The van der Waals surface area contributed by atoms with E-state index in [0.29, 0.717) is 5.75 Å². The molecule has 8 heteroatoms. The first-order valence-electron chi connectivity index (χ1n) is 8.36. The summed E-state index contributed by atoms with van der Waals surface area (Å²) in [5.74, 6) is -0.502. The molecule has 0 bridgehead atoms. The van der Waals surface area contributed by atoms with Gasteiger partial charge in [-0.25, -0.2) is 4.79 Å². The number of thioether (sulfide) groups is 1. The molecule has 1 N–H and O–H groups in total. The molecule has 2 aliphatic heterocycles. The predicted octanol–water partition coefficient (Wildman–Crippen LogP) is 1.17. The Morgan fingerprint density at radius 1 is 1.27 bits per heavy atom. The van der Waals surface area contributed by atoms with Gasteiger partial charge in [0.15, 0.2) is 6.10 Å². The molecule has 0 radical (unpaired) electrons. The van der Waals surface area contributed by atoms with Crippen LogP contribution >= 0.6 is 11.8 Å². The molecule has 2 fully saturated rings. The second-order valence-electron chi connectivity index (χ2n) is 6.84. The number of β-lactam (4-membered cyclic amide) rings is 1. The number of benzene rings is 1. The van der Waals surface area contributed by atoms with Crippen LogP contribution in [0.4, 0.5) is 0 Å². The van der Waals surface area contributed by atoms with Crippen molar-refractivity contribution in [2.24, 2.45) is 0 Å². The van der Waals surface area contributed by atoms with E-state index >= 15 is 0 Å². The highest BCUT2D eigenvalue weighted by Crippen LogP contribution is 2.51. The number of carbonyl (C=O) groups is 3. The van der Waals surface area contributed by atoms with E-state index in [9.17, 15) is 14.4 Å². The average molecular weight is 378 g/mol. The Hall–Kier alpha value is -2.22. The standard InChI is InChI=1S/C18H22N2O5S/c1-10(25-11-8-6-5-7-9-11)14(21)19-12-15(22)20-13(17(23)24-4)18(2,3)26-16(12)20/h5-10,12-13,16H,1-4H3,(H,19,21)/t10?,12-,13?,16-/m1/s1. The molecule has 1 aromatic rings. The summed E-state index contributed by atoms with van der Waals surface area (Å²) >= 11 is 1.49. The number of para-hydroxylation sites is 1. The summed E-state index contributed by atoms with van der Waals surface area (Å²) in [7, 11) is 1.31. The third-order valence-corrected chi connectivity index (χ3v) is 6.16. The number of ether oxygens (including phenoxy) is 2. The number of hydrogen-bond acceptors (Lipinski definition) is 6. The van der Waals surface area contributed by atoms with Gasteiger partial charge in [0.1, 0.15) is 23.2 Å². The van der Waals surface area contributed by atoms with Crippen molar-refractivity contribution in [1.29, 1.82) is 0 Å². The summed E-state index contributed by atoms with van der Waals surface area (Å²) < 4.78 is 9.94. The van der Waals surface area contributed by atoms with Gasteiger partial charge < -0.3 is 19.7 Å². The molecule has 7 nitrogen and oxygen atoms in total. The number of hydrogen-bond donors (Lipinski definition) is 1. The van der Waals surface area contributed by atoms with Crippen LogP contribution in [0.1, 0.15) is 20.8 Å². The molecule has 0 saturated carbocycles. The monoisotopic (exact) mass is 378 g/mol. The zero-order valence-electron chi connectivity index (χ0n) is 15.1. The van der Waals surface area contributed by atoms with Gasteiger partial charge in [0.25, 0.3) is 5.91 Å². The van der Waals surface area contributed by atoms with Gasteiger partial charge in [-0.15, -0.1) is 11.8 Å². The van der Waals surface area contributed by atoms with E-state index in [1.165, 1.54) is 23.8 Å². The number of carbonyl (C=O) groups excluding carboxylic acids is 3. The van der Waals surface area contributed by atoms with Gasteiger partial charge in [-0.05, 0) is 32.9 Å². The van der Waals surface area contributed by atoms with E-state index in [-0.39, 0.29) is 17.2 Å². The fourth-order valence-corrected chi connectivity index (χ4v) is 4.89. The molecule has 1 aromatic carbocycles. The van der Waals surface area contributed by atoms with Crippen molar-refractivity contribution in [3.8, 4) is 5.75 Å². The average Bonchev–Trinajstić information content (AvgIpc) is 2.87. The van der Waals surface area contributed by atoms with Gasteiger partial charge in [-0.2, -0.15) is 0 Å². The summed E-state index contributed by atoms with van der Waals surface area (Å²) in [6, 6.07) is 7.70. The molecular weight excluding hydrogens is 356 g/mol. The molecule has 2 heterocycles. The number of nitrogens with zero attached hydrogens (tertiary/aromatic N) is 1. The van der Waals surface area contributed by atoms with Gasteiger partial charge in [-0.1, -0.05) is 18.2 Å². The van der Waals surface area contributed by atoms with Crippen molar-refractivity contribution >= 4 is 29.5 Å². The number of amides is 2. The summed E-state index contributed by atoms with van der Waals surface area (Å²) in [6.07, 6.45) is -0.741. The van der Waals surface area contributed by atoms with E-state index < -0.39 is 28.9 Å². The van der Waals surface area contributed by atoms with Crippen LogP contribution < -0.4 is 10.1 Å². The molecule has 4 atom stereocenters. The van der Waals surface area contributed by atoms with Crippen LogP contribution in [0.5, 0.6) is 5.75 Å². The van der Waals surface area contributed by atoms with Crippen LogP contribution in [0.25, 0.3) is 0 Å². The summed E-state index contributed by atoms with van der Waals surface area (Å²) in [5.41, 5.74) is 0. The number of methoxy groups -OCH3 is 1. The summed E-state index contributed by atoms with van der Waals surface area (Å²) in [5, 5.41) is 2.46. The smallest absolute Gasteiger partial charge is 0.330 e. The summed E-state index contributed by atoms with van der Waals surface area (Å²) in [4.78, 5) is 38.5. The van der Waals surface area contributed by atoms with Gasteiger partial charge >= 0.3 is 5.97 Å². The second kappa shape index (κ2) is 6.83. The van der Waals surface area contributed by atoms with Crippen molar-refractivity contribution in [3.63, 3.8) is 0 Å². The molecule has 0 aliphatic carbocycles. The molecular formula is C18H22N2O5S. The number of rotatable bonds is 5. The minimum absolute atomic E-state index is 0.274. The quantitative estimate of drug-likeness (QED) is 0.612. The van der Waals surface area contributed by atoms with Crippen LogP contribution in [0.3, 0.4) is 0 Å². The fraction of sp³-hybridized carbons (Fsp3) is 0.500. The van der Waals surface area contributed by atoms with Crippen molar-refractivity contribution < 1.29 is 23.9 Å². The highest BCUT2D eigenvalue weighted by atomic mass is 32.2. The van der Waals surface area contributed by atoms with Gasteiger partial charge in [-0.3, -0.25) is 9.59 Å². The Morgan fingerprint density at radius 3 is 2.54 bits per heavy atom. The Kier molecular flexibility index (Phi) is 4.88. The SMILES string of the molecule is COC(=O)C1N2C(=O)[C@@H](NC(=O)C(C)Oc3ccccc3)[C@H]2SC1(C)C. The minimum Gasteiger partial charge on any atom is -0.481 e. The lowest BCUT2D eigenvalue weighted by Gasteiger charge is -2.44. The molecule has 140 valence electrons. The predicted molar refractivity (Wildman–Crippen MR) is 96.6 cm³/mol. The summed E-state index contributed by atoms with van der Waals surface area (Å²) in [6.45, 7) is 5.42. The first-order valence-corrected chi connectivity index (χ1v) is 9.24. The van der Waals surface area contributed by atoms with Crippen LogP contribution in [-0.4, -0.2) is 58.1 Å². The maximum absolute atomic E-state index is 12.5. The fourth-order valence-electron chi connectivity index (χ4n) is 3.27. The van der Waals surface area contributed by atoms with Crippen molar-refractivity contribution in [3.05, 3.63) is 30.3 Å². The molecule has 0 spiro atoms. The van der Waals surface area contributed by atoms with Crippen molar-refractivity contribution in [2.45, 2.75) is 49.1 Å². The van der Waals surface area contributed by atoms with Gasteiger partial charge in [0, 0.05) is 4.75 Å². The maximum atomic E-state index is 12.5. The minimum atomic E-state index is -0.741. The van der Waals surface area contributed by atoms with E-state index in [2.05, 4.69) is 5.32 Å². The number of esters is 1. The first-order chi connectivity index (χ1) is 12.3. The Balaban J connectivity index is 1.64. The lowest BCUT2D eigenvalue weighted by molar-refractivity contribution is -0.163. The van der Waals surface area contributed by atoms with Crippen LogP contribution in [0.15, 0.2) is 30.3 Å². The molecule has 2 unspecified atom stereocenters. The van der Waals surface area contributed by atoms with E-state index in [4.69, 9.17) is 9.47 Å². The Labute approximate surface area is 156 Å². The second-order valence-corrected chi connectivity index (χ2v) is 8.61. The van der Waals surface area contributed by atoms with Crippen LogP contribution in [0.2, 0.25) is 0 Å². The third kappa shape index (κ3) is 3.13. The maximum Gasteiger partial charge on any atom is 0.330 e. The van der Waals surface area contributed by atoms with Crippen molar-refractivity contribution in [1.82, 2.24) is 10.2 Å². The third-order valence-electron chi connectivity index (χ3n) is 4.59. The number of fused-ring (bicyclic) bond motifs is 1. The van der Waals surface area contributed by atoms with Gasteiger partial charge in [0.05, 0.1) is 7.11 Å². The Morgan fingerprint density at radius 2 is 1.92 bits per heavy atom. The molecule has 2 amide bonds. The zero-order chi connectivity index (χ0) is 19.1. The largest absolute Gasteiger partial charge is 0.481 e. The van der Waals surface area contributed by atoms with Crippen LogP contribution in [-0.2, 0) is 19.1 Å². The first kappa shape index (κ1) is 18.6. The lowest BCUT2D eigenvalue weighted by Crippen LogP contribution is -2.71. The Bertz CT molecular complexity index is 724. The molecule has 3 rings (SSSR count). The molecule has 26 heavy (non-hydrogen) atoms. The van der Waals surface area contributed by atoms with Crippen LogP contribution in [0, 0.1) is 0 Å². The van der Waals surface area contributed by atoms with Crippen molar-refractivity contribution in [2.75, 3.05) is 7.11 Å². The molecule has 2 saturated heterocycles. The zero-order valence-corrected chi connectivity index (χ0v) is 15.9. The van der Waals surface area contributed by atoms with E-state index in [0.717, 1.165) is 0 Å². The highest BCUT2D eigenvalue weighted by molar-refractivity contribution is 8.01. The van der Waals surface area contributed by atoms with E-state index in [1.54, 1.807) is 19.1 Å². The topological polar surface area (TPSA) is 84.9 Å². The van der Waals surface area contributed by atoms with Gasteiger partial charge in [0.2, 0.25) is 5.91 Å². The normalized spacial score (nSPS) is 27.2. The molecule has 2 aliphatic rings. The lowest BCUT2D eigenvalue weighted by atomic mass is 9.96. The highest BCUT2D eigenvalue weighted by Gasteiger charge is 2.64. The number of nitrogens with one attached hydrogen (secondary N) is 1. The molecule has 0 aromatic heterocycles. The van der Waals surface area contributed by atoms with E-state index in [1.807, 2.05) is 32.0 Å².